The lowest BCUT2D eigenvalue weighted by molar-refractivity contribution is 0.460. The molecule has 0 saturated heterocycles. The molecule has 8 heteroatoms. The smallest absolute Gasteiger partial charge is 0.302 e. The molecule has 0 aliphatic carbocycles. The lowest BCUT2D eigenvalue weighted by atomic mass is 10.0. The number of imidazole rings is 1. The van der Waals surface area contributed by atoms with E-state index in [1.807, 2.05) is 66.3 Å². The van der Waals surface area contributed by atoms with E-state index < -0.39 is 0 Å². The lowest BCUT2D eigenvalue weighted by Gasteiger charge is -2.31. The Morgan fingerprint density at radius 2 is 1.94 bits per heavy atom. The van der Waals surface area contributed by atoms with Crippen LogP contribution in [-0.2, 0) is 13.6 Å². The van der Waals surface area contributed by atoms with Crippen LogP contribution >= 0.6 is 11.6 Å². The Hall–Kier alpha value is -3.58. The minimum absolute atomic E-state index is 0.224. The molecule has 1 unspecified atom stereocenters. The third kappa shape index (κ3) is 3.80. The van der Waals surface area contributed by atoms with Crippen LogP contribution in [-0.4, -0.2) is 25.4 Å². The summed E-state index contributed by atoms with van der Waals surface area (Å²) < 4.78 is 7.87. The molecule has 1 atom stereocenters. The number of hydrogen-bond donors (Lipinski definition) is 1. The summed E-state index contributed by atoms with van der Waals surface area (Å²) in [6, 6.07) is 15.6. The maximum Gasteiger partial charge on any atom is 0.302 e. The minimum atomic E-state index is -0.224. The zero-order valence-electron chi connectivity index (χ0n) is 17.2. The van der Waals surface area contributed by atoms with E-state index in [2.05, 4.69) is 33.2 Å². The molecule has 0 saturated carbocycles. The molecular formula is C23H21ClN6O. The first-order valence-corrected chi connectivity index (χ1v) is 10.3. The largest absolute Gasteiger partial charge is 0.423 e. The van der Waals surface area contributed by atoms with Gasteiger partial charge in [0.25, 0.3) is 0 Å². The van der Waals surface area contributed by atoms with Gasteiger partial charge in [-0.15, -0.1) is 0 Å². The molecule has 5 rings (SSSR count). The Bertz CT molecular complexity index is 1270. The van der Waals surface area contributed by atoms with E-state index >= 15 is 0 Å². The standard InChI is InChI=1S/C23H21ClN6O/c1-15-13-19(16-7-3-4-8-17(16)24)26-22(30(15)14-21-25-11-12-29(21)2)28-23-27-18-9-5-6-10-20(18)31-23/h3-13,19H,14H2,1-2H3,(H,26,27,28). The number of nitrogens with one attached hydrogen (secondary N) is 1. The zero-order valence-corrected chi connectivity index (χ0v) is 17.9. The molecule has 0 spiro atoms. The van der Waals surface area contributed by atoms with Crippen molar-refractivity contribution in [1.29, 1.82) is 0 Å². The first-order valence-electron chi connectivity index (χ1n) is 9.95. The number of benzene rings is 2. The van der Waals surface area contributed by atoms with E-state index in [0.717, 1.165) is 22.6 Å². The number of fused-ring (bicyclic) bond motifs is 1. The average Bonchev–Trinajstić information content (AvgIpc) is 3.35. The van der Waals surface area contributed by atoms with E-state index in [1.165, 1.54) is 0 Å². The maximum atomic E-state index is 6.46. The number of aliphatic imine (C=N–C) groups is 1. The van der Waals surface area contributed by atoms with Crippen LogP contribution in [0.2, 0.25) is 5.02 Å². The van der Waals surface area contributed by atoms with Gasteiger partial charge in [-0.3, -0.25) is 5.32 Å². The van der Waals surface area contributed by atoms with Crippen molar-refractivity contribution in [3.63, 3.8) is 0 Å². The molecule has 1 N–H and O–H groups in total. The number of aromatic nitrogens is 3. The lowest BCUT2D eigenvalue weighted by Crippen LogP contribution is -2.38. The van der Waals surface area contributed by atoms with Crippen LogP contribution in [0.3, 0.4) is 0 Å². The molecule has 156 valence electrons. The van der Waals surface area contributed by atoms with Gasteiger partial charge >= 0.3 is 6.01 Å². The molecule has 0 bridgehead atoms. The van der Waals surface area contributed by atoms with Gasteiger partial charge < -0.3 is 13.9 Å². The molecule has 4 aromatic rings. The highest BCUT2D eigenvalue weighted by Gasteiger charge is 2.26. The van der Waals surface area contributed by atoms with Crippen LogP contribution in [0.1, 0.15) is 24.4 Å². The number of hydrogen-bond acceptors (Lipinski definition) is 6. The van der Waals surface area contributed by atoms with Crippen molar-refractivity contribution in [2.45, 2.75) is 19.5 Å². The summed E-state index contributed by atoms with van der Waals surface area (Å²) in [6.07, 6.45) is 5.81. The first-order chi connectivity index (χ1) is 15.1. The van der Waals surface area contributed by atoms with Gasteiger partial charge in [0.15, 0.2) is 5.58 Å². The van der Waals surface area contributed by atoms with Crippen LogP contribution in [0.25, 0.3) is 11.1 Å². The second-order valence-electron chi connectivity index (χ2n) is 7.38. The Morgan fingerprint density at radius 3 is 2.71 bits per heavy atom. The number of allylic oxidation sites excluding steroid dienone is 1. The van der Waals surface area contributed by atoms with E-state index in [9.17, 15) is 0 Å². The quantitative estimate of drug-likeness (QED) is 0.483. The highest BCUT2D eigenvalue weighted by molar-refractivity contribution is 6.31. The normalized spacial score (nSPS) is 16.4. The summed E-state index contributed by atoms with van der Waals surface area (Å²) >= 11 is 6.46. The Kier molecular flexibility index (Phi) is 4.95. The van der Waals surface area contributed by atoms with Gasteiger partial charge in [-0.05, 0) is 36.8 Å². The minimum Gasteiger partial charge on any atom is -0.423 e. The Labute approximate surface area is 184 Å². The fourth-order valence-corrected chi connectivity index (χ4v) is 3.86. The number of guanidine groups is 1. The van der Waals surface area contributed by atoms with E-state index in [0.29, 0.717) is 29.1 Å². The third-order valence-corrected chi connectivity index (χ3v) is 5.64. The SMILES string of the molecule is CC1=CC(c2ccccc2Cl)N=C(Nc2nc3ccccc3o2)N1Cc1nccn1C. The summed E-state index contributed by atoms with van der Waals surface area (Å²) in [4.78, 5) is 16.0. The number of rotatable bonds is 4. The topological polar surface area (TPSA) is 71.5 Å². The predicted octanol–water partition coefficient (Wildman–Crippen LogP) is 5.14. The van der Waals surface area contributed by atoms with Crippen LogP contribution in [0.5, 0.6) is 0 Å². The van der Waals surface area contributed by atoms with E-state index in [-0.39, 0.29) is 6.04 Å². The highest BCUT2D eigenvalue weighted by atomic mass is 35.5. The summed E-state index contributed by atoms with van der Waals surface area (Å²) in [5.41, 5.74) is 3.47. The van der Waals surface area contributed by atoms with Crippen molar-refractivity contribution in [2.75, 3.05) is 5.32 Å². The number of aryl methyl sites for hydroxylation is 1. The van der Waals surface area contributed by atoms with Gasteiger partial charge in [0.1, 0.15) is 17.4 Å². The summed E-state index contributed by atoms with van der Waals surface area (Å²) in [6.45, 7) is 2.60. The van der Waals surface area contributed by atoms with Crippen molar-refractivity contribution in [1.82, 2.24) is 19.4 Å². The van der Waals surface area contributed by atoms with Crippen molar-refractivity contribution in [2.24, 2.45) is 12.0 Å². The summed E-state index contributed by atoms with van der Waals surface area (Å²) in [5, 5.41) is 3.96. The summed E-state index contributed by atoms with van der Waals surface area (Å²) in [5.74, 6) is 1.54. The second-order valence-corrected chi connectivity index (χ2v) is 7.79. The zero-order chi connectivity index (χ0) is 21.4. The molecule has 0 amide bonds. The van der Waals surface area contributed by atoms with Crippen LogP contribution in [0.4, 0.5) is 6.01 Å². The number of nitrogens with zero attached hydrogens (tertiary/aromatic N) is 5. The number of para-hydroxylation sites is 2. The van der Waals surface area contributed by atoms with Gasteiger partial charge in [0.05, 0.1) is 6.54 Å². The van der Waals surface area contributed by atoms with Crippen LogP contribution < -0.4 is 5.32 Å². The molecule has 2 aromatic carbocycles. The van der Waals surface area contributed by atoms with Crippen molar-refractivity contribution in [3.8, 4) is 0 Å². The Balaban J connectivity index is 1.53. The van der Waals surface area contributed by atoms with Crippen LogP contribution in [0, 0.1) is 0 Å². The number of oxazole rings is 1. The van der Waals surface area contributed by atoms with E-state index in [4.69, 9.17) is 21.0 Å². The molecule has 3 heterocycles. The predicted molar refractivity (Wildman–Crippen MR) is 122 cm³/mol. The molecule has 1 aliphatic rings. The second kappa shape index (κ2) is 7.92. The highest BCUT2D eigenvalue weighted by Crippen LogP contribution is 2.32. The molecule has 7 nitrogen and oxygen atoms in total. The van der Waals surface area contributed by atoms with Crippen molar-refractivity contribution in [3.05, 3.63) is 89.1 Å². The Morgan fingerprint density at radius 1 is 1.13 bits per heavy atom. The maximum absolute atomic E-state index is 6.46. The van der Waals surface area contributed by atoms with Gasteiger partial charge in [-0.1, -0.05) is 41.9 Å². The van der Waals surface area contributed by atoms with Gasteiger partial charge in [0.2, 0.25) is 5.96 Å². The number of halogens is 1. The van der Waals surface area contributed by atoms with E-state index in [1.54, 1.807) is 6.20 Å². The fourth-order valence-electron chi connectivity index (χ4n) is 3.61. The van der Waals surface area contributed by atoms with Crippen molar-refractivity contribution >= 4 is 34.7 Å². The van der Waals surface area contributed by atoms with Crippen LogP contribution in [0.15, 0.2) is 82.1 Å². The fraction of sp³-hybridized carbons (Fsp3) is 0.174. The molecule has 31 heavy (non-hydrogen) atoms. The first kappa shape index (κ1) is 19.4. The van der Waals surface area contributed by atoms with Gasteiger partial charge in [-0.2, -0.15) is 4.98 Å². The molecule has 0 radical (unpaired) electrons. The van der Waals surface area contributed by atoms with Gasteiger partial charge in [0, 0.05) is 30.2 Å². The van der Waals surface area contributed by atoms with Crippen molar-refractivity contribution < 1.29 is 4.42 Å². The average molecular weight is 433 g/mol. The monoisotopic (exact) mass is 432 g/mol. The summed E-state index contributed by atoms with van der Waals surface area (Å²) in [7, 11) is 1.98. The molecule has 1 aliphatic heterocycles. The van der Waals surface area contributed by atoms with Gasteiger partial charge in [-0.25, -0.2) is 9.98 Å². The molecule has 0 fully saturated rings. The molecular weight excluding hydrogens is 412 g/mol. The number of anilines is 1. The molecule has 2 aromatic heterocycles. The third-order valence-electron chi connectivity index (χ3n) is 5.30.